The van der Waals surface area contributed by atoms with Crippen molar-refractivity contribution in [3.05, 3.63) is 68.4 Å². The van der Waals surface area contributed by atoms with Crippen molar-refractivity contribution in [3.63, 3.8) is 0 Å². The summed E-state index contributed by atoms with van der Waals surface area (Å²) >= 11 is 1.44. The molecule has 10 heteroatoms. The highest BCUT2D eigenvalue weighted by Crippen LogP contribution is 2.23. The van der Waals surface area contributed by atoms with Gasteiger partial charge in [-0.3, -0.25) is 18.7 Å². The number of imidazole rings is 1. The second-order valence-electron chi connectivity index (χ2n) is 7.92. The van der Waals surface area contributed by atoms with Gasteiger partial charge < -0.3 is 9.13 Å². The number of carbonyl (C=O) groups is 1. The SMILES string of the molecule is C=CCn1c(=NC(=O)Cn2cnc3c2c(=O)n(C)c(=O)n3C)sc2cc(C(C)C)ccc21. The molecule has 0 saturated carbocycles. The Bertz CT molecular complexity index is 1560. The molecular formula is C22H24N6O3S. The van der Waals surface area contributed by atoms with Crippen molar-refractivity contribution >= 4 is 38.6 Å². The van der Waals surface area contributed by atoms with Gasteiger partial charge in [-0.1, -0.05) is 37.3 Å². The summed E-state index contributed by atoms with van der Waals surface area (Å²) in [6.07, 6.45) is 3.15. The summed E-state index contributed by atoms with van der Waals surface area (Å²) in [6.45, 7) is 8.44. The first-order chi connectivity index (χ1) is 15.2. The topological polar surface area (TPSA) is 96.2 Å². The minimum absolute atomic E-state index is 0.163. The first-order valence-corrected chi connectivity index (χ1v) is 11.0. The molecule has 0 atom stereocenters. The fourth-order valence-corrected chi connectivity index (χ4v) is 4.75. The van der Waals surface area contributed by atoms with Gasteiger partial charge in [0.1, 0.15) is 6.54 Å². The van der Waals surface area contributed by atoms with Gasteiger partial charge in [-0.25, -0.2) is 9.78 Å². The van der Waals surface area contributed by atoms with Crippen LogP contribution in [-0.2, 0) is 32.0 Å². The van der Waals surface area contributed by atoms with Gasteiger partial charge in [0.2, 0.25) is 0 Å². The van der Waals surface area contributed by atoms with E-state index in [9.17, 15) is 14.4 Å². The molecule has 1 aromatic carbocycles. The lowest BCUT2D eigenvalue weighted by atomic mass is 10.0. The van der Waals surface area contributed by atoms with Crippen molar-refractivity contribution in [2.45, 2.75) is 32.9 Å². The normalized spacial score (nSPS) is 12.3. The van der Waals surface area contributed by atoms with Crippen LogP contribution in [0.4, 0.5) is 0 Å². The van der Waals surface area contributed by atoms with Crippen LogP contribution < -0.4 is 16.1 Å². The van der Waals surface area contributed by atoms with E-state index in [1.165, 1.54) is 46.5 Å². The number of allylic oxidation sites excluding steroid dienone is 1. The Morgan fingerprint density at radius 3 is 2.69 bits per heavy atom. The molecule has 0 N–H and O–H groups in total. The average molecular weight is 453 g/mol. The molecule has 0 radical (unpaired) electrons. The highest BCUT2D eigenvalue weighted by molar-refractivity contribution is 7.16. The van der Waals surface area contributed by atoms with Gasteiger partial charge in [-0.05, 0) is 23.6 Å². The number of aromatic nitrogens is 5. The molecule has 166 valence electrons. The summed E-state index contributed by atoms with van der Waals surface area (Å²) in [5.41, 5.74) is 1.65. The third-order valence-corrected chi connectivity index (χ3v) is 6.47. The highest BCUT2D eigenvalue weighted by atomic mass is 32.1. The van der Waals surface area contributed by atoms with Gasteiger partial charge >= 0.3 is 5.69 Å². The summed E-state index contributed by atoms with van der Waals surface area (Å²) < 4.78 is 6.71. The first kappa shape index (κ1) is 21.7. The predicted molar refractivity (Wildman–Crippen MR) is 125 cm³/mol. The number of thiazole rings is 1. The maximum atomic E-state index is 12.9. The molecule has 1 amide bonds. The zero-order valence-electron chi connectivity index (χ0n) is 18.4. The van der Waals surface area contributed by atoms with Crippen LogP contribution in [0.25, 0.3) is 21.4 Å². The standard InChI is InChI=1S/C22H24N6O3S/c1-6-9-28-15-8-7-14(13(2)3)10-16(15)32-21(28)24-17(29)11-27-12-23-19-18(27)20(30)26(5)22(31)25(19)4/h6-8,10,12-13H,1,9,11H2,2-5H3. The minimum Gasteiger partial charge on any atom is -0.315 e. The fourth-order valence-electron chi connectivity index (χ4n) is 3.64. The predicted octanol–water partition coefficient (Wildman–Crippen LogP) is 1.89. The molecule has 3 aromatic heterocycles. The molecule has 0 saturated heterocycles. The number of fused-ring (bicyclic) bond motifs is 2. The Labute approximate surface area is 187 Å². The van der Waals surface area contributed by atoms with Gasteiger partial charge in [-0.15, -0.1) is 6.58 Å². The van der Waals surface area contributed by atoms with Crippen molar-refractivity contribution in [2.75, 3.05) is 0 Å². The van der Waals surface area contributed by atoms with E-state index < -0.39 is 17.2 Å². The van der Waals surface area contributed by atoms with Crippen LogP contribution in [0.2, 0.25) is 0 Å². The molecule has 0 aliphatic rings. The Morgan fingerprint density at radius 2 is 2.00 bits per heavy atom. The molecule has 0 bridgehead atoms. The van der Waals surface area contributed by atoms with Crippen molar-refractivity contribution < 1.29 is 4.79 Å². The number of amides is 1. The second-order valence-corrected chi connectivity index (χ2v) is 8.93. The molecule has 0 unspecified atom stereocenters. The van der Waals surface area contributed by atoms with Crippen LogP contribution in [0.5, 0.6) is 0 Å². The fraction of sp³-hybridized carbons (Fsp3) is 0.318. The molecule has 0 aliphatic heterocycles. The third-order valence-electron chi connectivity index (χ3n) is 5.43. The van der Waals surface area contributed by atoms with Crippen molar-refractivity contribution in [1.29, 1.82) is 0 Å². The van der Waals surface area contributed by atoms with Crippen LogP contribution >= 0.6 is 11.3 Å². The van der Waals surface area contributed by atoms with Gasteiger partial charge in [0.05, 0.1) is 16.5 Å². The molecule has 0 fully saturated rings. The van der Waals surface area contributed by atoms with Gasteiger partial charge in [0, 0.05) is 20.6 Å². The Morgan fingerprint density at radius 1 is 1.25 bits per heavy atom. The van der Waals surface area contributed by atoms with Crippen molar-refractivity contribution in [2.24, 2.45) is 19.1 Å². The average Bonchev–Trinajstić information content (AvgIpc) is 3.32. The van der Waals surface area contributed by atoms with E-state index in [2.05, 4.69) is 42.5 Å². The number of benzene rings is 1. The van der Waals surface area contributed by atoms with E-state index in [1.54, 1.807) is 6.08 Å². The molecule has 4 rings (SSSR count). The summed E-state index contributed by atoms with van der Waals surface area (Å²) in [5, 5.41) is 0. The number of carbonyl (C=O) groups excluding carboxylic acids is 1. The Hall–Kier alpha value is -3.53. The van der Waals surface area contributed by atoms with Gasteiger partial charge in [-0.2, -0.15) is 4.99 Å². The molecule has 0 spiro atoms. The molecule has 0 aliphatic carbocycles. The zero-order valence-corrected chi connectivity index (χ0v) is 19.2. The smallest absolute Gasteiger partial charge is 0.315 e. The Kier molecular flexibility index (Phi) is 5.55. The third kappa shape index (κ3) is 3.56. The lowest BCUT2D eigenvalue weighted by Gasteiger charge is -2.06. The second kappa shape index (κ2) is 8.19. The maximum Gasteiger partial charge on any atom is 0.332 e. The van der Waals surface area contributed by atoms with Gasteiger partial charge in [0.25, 0.3) is 11.5 Å². The number of nitrogens with zero attached hydrogens (tertiary/aromatic N) is 6. The summed E-state index contributed by atoms with van der Waals surface area (Å²) in [6, 6.07) is 6.26. The number of rotatable bonds is 5. The van der Waals surface area contributed by atoms with E-state index in [0.29, 0.717) is 17.3 Å². The van der Waals surface area contributed by atoms with Crippen molar-refractivity contribution in [1.82, 2.24) is 23.3 Å². The zero-order chi connectivity index (χ0) is 23.2. The van der Waals surface area contributed by atoms with Crippen LogP contribution in [0, 0.1) is 0 Å². The highest BCUT2D eigenvalue weighted by Gasteiger charge is 2.16. The molecule has 4 aromatic rings. The van der Waals surface area contributed by atoms with E-state index >= 15 is 0 Å². The van der Waals surface area contributed by atoms with Crippen molar-refractivity contribution in [3.8, 4) is 0 Å². The largest absolute Gasteiger partial charge is 0.332 e. The lowest BCUT2D eigenvalue weighted by Crippen LogP contribution is -2.37. The molecule has 32 heavy (non-hydrogen) atoms. The first-order valence-electron chi connectivity index (χ1n) is 10.2. The van der Waals surface area contributed by atoms with Crippen LogP contribution in [-0.4, -0.2) is 29.2 Å². The maximum absolute atomic E-state index is 12.9. The number of hydrogen-bond acceptors (Lipinski definition) is 5. The molecular weight excluding hydrogens is 428 g/mol. The van der Waals surface area contributed by atoms with E-state index in [-0.39, 0.29) is 17.7 Å². The summed E-state index contributed by atoms with van der Waals surface area (Å²) in [7, 11) is 2.93. The van der Waals surface area contributed by atoms with E-state index in [1.807, 2.05) is 10.6 Å². The lowest BCUT2D eigenvalue weighted by molar-refractivity contribution is -0.118. The van der Waals surface area contributed by atoms with Gasteiger partial charge in [0.15, 0.2) is 16.0 Å². The number of hydrogen-bond donors (Lipinski definition) is 0. The summed E-state index contributed by atoms with van der Waals surface area (Å²) in [4.78, 5) is 46.6. The minimum atomic E-state index is -0.502. The molecule has 9 nitrogen and oxygen atoms in total. The Balaban J connectivity index is 1.79. The van der Waals surface area contributed by atoms with Crippen LogP contribution in [0.15, 0.2) is 51.8 Å². The van der Waals surface area contributed by atoms with E-state index in [4.69, 9.17) is 0 Å². The number of aryl methyl sites for hydroxylation is 1. The molecule has 3 heterocycles. The van der Waals surface area contributed by atoms with E-state index in [0.717, 1.165) is 14.8 Å². The summed E-state index contributed by atoms with van der Waals surface area (Å²) in [5.74, 6) is -0.0295. The quantitative estimate of drug-likeness (QED) is 0.432. The van der Waals surface area contributed by atoms with Crippen LogP contribution in [0.1, 0.15) is 25.3 Å². The monoisotopic (exact) mass is 452 g/mol. The van der Waals surface area contributed by atoms with Crippen LogP contribution in [0.3, 0.4) is 0 Å².